The van der Waals surface area contributed by atoms with E-state index < -0.39 is 17.4 Å². The van der Waals surface area contributed by atoms with E-state index >= 15 is 0 Å². The molecule has 0 spiro atoms. The molecule has 0 aliphatic heterocycles. The minimum atomic E-state index is -1.18. The van der Waals surface area contributed by atoms with Crippen LogP contribution in [0.2, 0.25) is 0 Å². The smallest absolute Gasteiger partial charge is 0.329 e. The molecule has 2 N–H and O–H groups in total. The van der Waals surface area contributed by atoms with Gasteiger partial charge in [-0.3, -0.25) is 4.79 Å². The lowest BCUT2D eigenvalue weighted by Gasteiger charge is -2.36. The van der Waals surface area contributed by atoms with Gasteiger partial charge in [0.15, 0.2) is 5.69 Å². The van der Waals surface area contributed by atoms with E-state index in [1.807, 2.05) is 30.3 Å². The number of benzene rings is 1. The Morgan fingerprint density at radius 1 is 1.21 bits per heavy atom. The molecular weight excluding hydrogens is 306 g/mol. The maximum atomic E-state index is 12.5. The molecule has 0 bridgehead atoms. The number of hydrogen-bond donors (Lipinski definition) is 2. The van der Waals surface area contributed by atoms with Crippen LogP contribution in [0.4, 0.5) is 0 Å². The molecule has 6 nitrogen and oxygen atoms in total. The summed E-state index contributed by atoms with van der Waals surface area (Å²) in [5, 5.41) is 16.6. The van der Waals surface area contributed by atoms with Gasteiger partial charge in [-0.15, -0.1) is 0 Å². The van der Waals surface area contributed by atoms with Crippen LogP contribution in [0.1, 0.15) is 43.1 Å². The second kappa shape index (κ2) is 6.47. The third-order valence-corrected chi connectivity index (χ3v) is 4.73. The fraction of sp³-hybridized carbons (Fsp3) is 0.389. The van der Waals surface area contributed by atoms with E-state index in [4.69, 9.17) is 0 Å². The van der Waals surface area contributed by atoms with Gasteiger partial charge in [0, 0.05) is 6.20 Å². The highest BCUT2D eigenvalue weighted by Gasteiger charge is 2.42. The first kappa shape index (κ1) is 16.2. The molecule has 0 unspecified atom stereocenters. The Kier molecular flexibility index (Phi) is 4.38. The summed E-state index contributed by atoms with van der Waals surface area (Å²) < 4.78 is 1.60. The van der Waals surface area contributed by atoms with Crippen molar-refractivity contribution in [3.63, 3.8) is 0 Å². The third kappa shape index (κ3) is 3.18. The van der Waals surface area contributed by atoms with Gasteiger partial charge >= 0.3 is 5.97 Å². The van der Waals surface area contributed by atoms with Crippen molar-refractivity contribution in [3.8, 4) is 5.69 Å². The highest BCUT2D eigenvalue weighted by molar-refractivity contribution is 5.96. The first-order chi connectivity index (χ1) is 11.5. The minimum Gasteiger partial charge on any atom is -0.480 e. The summed E-state index contributed by atoms with van der Waals surface area (Å²) in [5.41, 5.74) is -0.116. The molecule has 0 saturated heterocycles. The van der Waals surface area contributed by atoms with Gasteiger partial charge in [0.2, 0.25) is 0 Å². The first-order valence-electron chi connectivity index (χ1n) is 8.17. The van der Waals surface area contributed by atoms with Crippen molar-refractivity contribution in [2.75, 3.05) is 0 Å². The van der Waals surface area contributed by atoms with Crippen LogP contribution in [-0.2, 0) is 4.79 Å². The van der Waals surface area contributed by atoms with E-state index in [2.05, 4.69) is 17.3 Å². The normalized spacial score (nSPS) is 23.6. The largest absolute Gasteiger partial charge is 0.480 e. The van der Waals surface area contributed by atoms with Gasteiger partial charge in [0.05, 0.1) is 5.69 Å². The van der Waals surface area contributed by atoms with Crippen LogP contribution >= 0.6 is 0 Å². The zero-order valence-corrected chi connectivity index (χ0v) is 13.6. The molecule has 1 fully saturated rings. The molecule has 6 heteroatoms. The van der Waals surface area contributed by atoms with Gasteiger partial charge in [-0.2, -0.15) is 5.10 Å². The number of carboxylic acid groups (broad SMARTS) is 1. The van der Waals surface area contributed by atoms with Crippen LogP contribution in [0.15, 0.2) is 42.6 Å². The van der Waals surface area contributed by atoms with Crippen LogP contribution in [-0.4, -0.2) is 32.3 Å². The van der Waals surface area contributed by atoms with Crippen molar-refractivity contribution in [1.29, 1.82) is 0 Å². The van der Waals surface area contributed by atoms with Crippen LogP contribution in [0.5, 0.6) is 0 Å². The van der Waals surface area contributed by atoms with E-state index in [9.17, 15) is 14.7 Å². The van der Waals surface area contributed by atoms with E-state index in [-0.39, 0.29) is 5.69 Å². The summed E-state index contributed by atoms with van der Waals surface area (Å²) >= 11 is 0. The number of nitrogens with one attached hydrogen (secondary N) is 1. The summed E-state index contributed by atoms with van der Waals surface area (Å²) in [4.78, 5) is 24.2. The van der Waals surface area contributed by atoms with E-state index in [1.54, 1.807) is 16.9 Å². The monoisotopic (exact) mass is 327 g/mol. The van der Waals surface area contributed by atoms with Crippen molar-refractivity contribution in [2.24, 2.45) is 5.92 Å². The molecule has 3 rings (SSSR count). The second-order valence-corrected chi connectivity index (χ2v) is 6.51. The summed E-state index contributed by atoms with van der Waals surface area (Å²) in [6.07, 6.45) is 4.19. The van der Waals surface area contributed by atoms with Gasteiger partial charge in [-0.25, -0.2) is 9.48 Å². The Morgan fingerprint density at radius 2 is 1.88 bits per heavy atom. The number of para-hydroxylation sites is 1. The standard InChI is InChI=1S/C18H21N3O3/c1-13-7-10-18(11-8-13,17(23)24)19-16(22)15-9-12-21(20-15)14-5-3-2-4-6-14/h2-6,9,12-13H,7-8,10-11H2,1H3,(H,19,22)(H,23,24). The van der Waals surface area contributed by atoms with Crippen molar-refractivity contribution in [3.05, 3.63) is 48.3 Å². The predicted molar refractivity (Wildman–Crippen MR) is 89.0 cm³/mol. The molecule has 1 heterocycles. The van der Waals surface area contributed by atoms with E-state index in [1.165, 1.54) is 0 Å². The number of carbonyl (C=O) groups excluding carboxylic acids is 1. The van der Waals surface area contributed by atoms with Gasteiger partial charge in [0.1, 0.15) is 5.54 Å². The van der Waals surface area contributed by atoms with Crippen molar-refractivity contribution in [1.82, 2.24) is 15.1 Å². The van der Waals surface area contributed by atoms with Gasteiger partial charge < -0.3 is 10.4 Å². The van der Waals surface area contributed by atoms with E-state index in [0.717, 1.165) is 18.5 Å². The zero-order valence-electron chi connectivity index (χ0n) is 13.6. The Hall–Kier alpha value is -2.63. The summed E-state index contributed by atoms with van der Waals surface area (Å²) in [6.45, 7) is 2.11. The minimum absolute atomic E-state index is 0.220. The van der Waals surface area contributed by atoms with Crippen LogP contribution in [0, 0.1) is 5.92 Å². The number of rotatable bonds is 4. The average molecular weight is 327 g/mol. The molecule has 24 heavy (non-hydrogen) atoms. The molecule has 1 aromatic heterocycles. The Labute approximate surface area is 140 Å². The predicted octanol–water partition coefficient (Wildman–Crippen LogP) is 2.64. The molecule has 1 amide bonds. The molecule has 126 valence electrons. The zero-order chi connectivity index (χ0) is 17.2. The molecule has 1 aliphatic carbocycles. The Morgan fingerprint density at radius 3 is 2.50 bits per heavy atom. The molecule has 1 aromatic carbocycles. The summed E-state index contributed by atoms with van der Waals surface area (Å²) in [7, 11) is 0. The van der Waals surface area contributed by atoms with Crippen molar-refractivity contribution >= 4 is 11.9 Å². The first-order valence-corrected chi connectivity index (χ1v) is 8.17. The fourth-order valence-corrected chi connectivity index (χ4v) is 3.10. The number of carboxylic acids is 1. The third-order valence-electron chi connectivity index (χ3n) is 4.73. The van der Waals surface area contributed by atoms with Crippen LogP contribution < -0.4 is 5.32 Å². The highest BCUT2D eigenvalue weighted by Crippen LogP contribution is 2.32. The number of amides is 1. The lowest BCUT2D eigenvalue weighted by molar-refractivity contribution is -0.146. The maximum Gasteiger partial charge on any atom is 0.329 e. The summed E-state index contributed by atoms with van der Waals surface area (Å²) in [5.74, 6) is -0.918. The number of nitrogens with zero attached hydrogens (tertiary/aromatic N) is 2. The maximum absolute atomic E-state index is 12.5. The molecule has 1 saturated carbocycles. The quantitative estimate of drug-likeness (QED) is 0.904. The molecule has 0 atom stereocenters. The lowest BCUT2D eigenvalue weighted by Crippen LogP contribution is -2.56. The fourth-order valence-electron chi connectivity index (χ4n) is 3.10. The van der Waals surface area contributed by atoms with Gasteiger partial charge in [-0.1, -0.05) is 25.1 Å². The topological polar surface area (TPSA) is 84.2 Å². The van der Waals surface area contributed by atoms with Crippen LogP contribution in [0.25, 0.3) is 5.69 Å². The average Bonchev–Trinajstić information content (AvgIpc) is 3.08. The van der Waals surface area contributed by atoms with Crippen molar-refractivity contribution < 1.29 is 14.7 Å². The SMILES string of the molecule is CC1CCC(NC(=O)c2ccn(-c3ccccc3)n2)(C(=O)O)CC1. The Bertz CT molecular complexity index is 731. The Balaban J connectivity index is 1.77. The number of hydrogen-bond acceptors (Lipinski definition) is 3. The lowest BCUT2D eigenvalue weighted by atomic mass is 9.77. The van der Waals surface area contributed by atoms with Gasteiger partial charge in [0.25, 0.3) is 5.91 Å². The second-order valence-electron chi connectivity index (χ2n) is 6.51. The molecule has 2 aromatic rings. The molecule has 1 aliphatic rings. The van der Waals surface area contributed by atoms with Crippen molar-refractivity contribution in [2.45, 2.75) is 38.1 Å². The van der Waals surface area contributed by atoms with E-state index in [0.29, 0.717) is 18.8 Å². The number of aromatic nitrogens is 2. The van der Waals surface area contributed by atoms with Gasteiger partial charge in [-0.05, 0) is 49.8 Å². The highest BCUT2D eigenvalue weighted by atomic mass is 16.4. The molecular formula is C18H21N3O3. The van der Waals surface area contributed by atoms with Crippen LogP contribution in [0.3, 0.4) is 0 Å². The molecule has 0 radical (unpaired) electrons. The number of aliphatic carboxylic acids is 1. The summed E-state index contributed by atoms with van der Waals surface area (Å²) in [6, 6.07) is 11.1. The number of carbonyl (C=O) groups is 2.